The molecule has 0 radical (unpaired) electrons. The maximum atomic E-state index is 11.6. The van der Waals surface area contributed by atoms with Crippen molar-refractivity contribution >= 4 is 5.78 Å². The number of hydrogen-bond donors (Lipinski definition) is 0. The van der Waals surface area contributed by atoms with Crippen LogP contribution >= 0.6 is 0 Å². The van der Waals surface area contributed by atoms with Crippen molar-refractivity contribution in [2.75, 3.05) is 0 Å². The van der Waals surface area contributed by atoms with Gasteiger partial charge in [-0.15, -0.1) is 0 Å². The second-order valence-electron chi connectivity index (χ2n) is 4.38. The summed E-state index contributed by atoms with van der Waals surface area (Å²) in [5, 5.41) is 0. The molecule has 1 heteroatoms. The second-order valence-corrected chi connectivity index (χ2v) is 4.38. The third kappa shape index (κ3) is 3.06. The Hall–Kier alpha value is -1.37. The van der Waals surface area contributed by atoms with Gasteiger partial charge >= 0.3 is 0 Å². The lowest BCUT2D eigenvalue weighted by Gasteiger charge is -2.12. The Morgan fingerprint density at radius 3 is 2.56 bits per heavy atom. The van der Waals surface area contributed by atoms with Gasteiger partial charge in [-0.1, -0.05) is 36.4 Å². The molecule has 0 bridgehead atoms. The average molecular weight is 214 g/mol. The van der Waals surface area contributed by atoms with Gasteiger partial charge in [-0.3, -0.25) is 4.79 Å². The third-order valence-corrected chi connectivity index (χ3v) is 3.12. The molecule has 1 nitrogen and oxygen atoms in total. The van der Waals surface area contributed by atoms with E-state index < -0.39 is 0 Å². The third-order valence-electron chi connectivity index (χ3n) is 3.12. The molecule has 84 valence electrons. The van der Waals surface area contributed by atoms with Crippen molar-refractivity contribution in [1.29, 1.82) is 0 Å². The van der Waals surface area contributed by atoms with Crippen molar-refractivity contribution < 1.29 is 4.79 Å². The number of carbonyl (C=O) groups is 1. The summed E-state index contributed by atoms with van der Waals surface area (Å²) < 4.78 is 0. The van der Waals surface area contributed by atoms with E-state index in [1.165, 1.54) is 12.0 Å². The summed E-state index contributed by atoms with van der Waals surface area (Å²) in [6.07, 6.45) is 8.19. The van der Waals surface area contributed by atoms with E-state index in [9.17, 15) is 4.79 Å². The lowest BCUT2D eigenvalue weighted by molar-refractivity contribution is -0.116. The van der Waals surface area contributed by atoms with Gasteiger partial charge < -0.3 is 0 Å². The Balaban J connectivity index is 1.87. The fourth-order valence-electron chi connectivity index (χ4n) is 2.17. The number of carbonyl (C=O) groups excluding carboxylic acids is 1. The molecule has 0 aliphatic heterocycles. The highest BCUT2D eigenvalue weighted by molar-refractivity contribution is 5.95. The van der Waals surface area contributed by atoms with Crippen LogP contribution in [0.1, 0.15) is 37.7 Å². The standard InChI is InChI=1S/C15H18O/c16-15-12-5-4-10-14(15)11-6-9-13-7-2-1-3-8-13/h1-3,7-8,11H,4-6,9-10,12H2/b14-11+. The number of allylic oxidation sites excluding steroid dienone is 2. The van der Waals surface area contributed by atoms with Gasteiger partial charge in [-0.05, 0) is 43.2 Å². The Morgan fingerprint density at radius 2 is 1.81 bits per heavy atom. The number of hydrogen-bond acceptors (Lipinski definition) is 1. The maximum absolute atomic E-state index is 11.6. The minimum absolute atomic E-state index is 0.374. The Labute approximate surface area is 97.2 Å². The summed E-state index contributed by atoms with van der Waals surface area (Å²) >= 11 is 0. The van der Waals surface area contributed by atoms with Crippen molar-refractivity contribution in [3.05, 3.63) is 47.5 Å². The summed E-state index contributed by atoms with van der Waals surface area (Å²) in [5.74, 6) is 0.374. The van der Waals surface area contributed by atoms with Gasteiger partial charge in [-0.2, -0.15) is 0 Å². The molecule has 1 aliphatic rings. The topological polar surface area (TPSA) is 17.1 Å². The van der Waals surface area contributed by atoms with Crippen LogP contribution in [0.5, 0.6) is 0 Å². The molecule has 2 rings (SSSR count). The number of ketones is 1. The van der Waals surface area contributed by atoms with Gasteiger partial charge in [0.25, 0.3) is 0 Å². The fourth-order valence-corrected chi connectivity index (χ4v) is 2.17. The van der Waals surface area contributed by atoms with Crippen molar-refractivity contribution in [1.82, 2.24) is 0 Å². The van der Waals surface area contributed by atoms with Crippen LogP contribution in [0.25, 0.3) is 0 Å². The monoisotopic (exact) mass is 214 g/mol. The van der Waals surface area contributed by atoms with Crippen LogP contribution in [-0.4, -0.2) is 5.78 Å². The maximum Gasteiger partial charge on any atom is 0.158 e. The Bertz CT molecular complexity index is 376. The van der Waals surface area contributed by atoms with Crippen molar-refractivity contribution in [3.8, 4) is 0 Å². The van der Waals surface area contributed by atoms with Gasteiger partial charge in [0.2, 0.25) is 0 Å². The molecule has 0 amide bonds. The molecule has 1 fully saturated rings. The van der Waals surface area contributed by atoms with Crippen LogP contribution < -0.4 is 0 Å². The number of Topliss-reactive ketones (excluding diaryl/α,β-unsaturated/α-hetero) is 1. The zero-order chi connectivity index (χ0) is 11.2. The minimum Gasteiger partial charge on any atom is -0.295 e. The number of benzene rings is 1. The molecule has 1 aliphatic carbocycles. The molecule has 0 atom stereocenters. The summed E-state index contributed by atoms with van der Waals surface area (Å²) in [6, 6.07) is 10.4. The van der Waals surface area contributed by atoms with E-state index in [1.54, 1.807) is 0 Å². The zero-order valence-electron chi connectivity index (χ0n) is 9.61. The van der Waals surface area contributed by atoms with E-state index in [1.807, 2.05) is 6.07 Å². The van der Waals surface area contributed by atoms with Gasteiger partial charge in [0.05, 0.1) is 0 Å². The molecule has 16 heavy (non-hydrogen) atoms. The molecular formula is C15H18O. The quantitative estimate of drug-likeness (QED) is 0.701. The SMILES string of the molecule is O=C1CCCC/C1=C\CCc1ccccc1. The lowest BCUT2D eigenvalue weighted by atomic mass is 9.92. The number of rotatable bonds is 3. The van der Waals surface area contributed by atoms with Gasteiger partial charge in [0, 0.05) is 6.42 Å². The Morgan fingerprint density at radius 1 is 1.06 bits per heavy atom. The molecule has 0 spiro atoms. The summed E-state index contributed by atoms with van der Waals surface area (Å²) in [5.41, 5.74) is 2.42. The smallest absolute Gasteiger partial charge is 0.158 e. The predicted molar refractivity (Wildman–Crippen MR) is 66.3 cm³/mol. The fraction of sp³-hybridized carbons (Fsp3) is 0.400. The van der Waals surface area contributed by atoms with Gasteiger partial charge in [0.1, 0.15) is 0 Å². The first kappa shape index (κ1) is 11.1. The minimum atomic E-state index is 0.374. The highest BCUT2D eigenvalue weighted by Crippen LogP contribution is 2.20. The van der Waals surface area contributed by atoms with E-state index in [0.29, 0.717) is 5.78 Å². The zero-order valence-corrected chi connectivity index (χ0v) is 9.61. The van der Waals surface area contributed by atoms with E-state index in [2.05, 4.69) is 30.3 Å². The first-order valence-corrected chi connectivity index (χ1v) is 6.12. The largest absolute Gasteiger partial charge is 0.295 e. The van der Waals surface area contributed by atoms with Crippen LogP contribution in [-0.2, 0) is 11.2 Å². The van der Waals surface area contributed by atoms with Gasteiger partial charge in [-0.25, -0.2) is 0 Å². The molecule has 1 aromatic rings. The van der Waals surface area contributed by atoms with E-state index in [-0.39, 0.29) is 0 Å². The van der Waals surface area contributed by atoms with Crippen LogP contribution in [0.4, 0.5) is 0 Å². The second kappa shape index (κ2) is 5.64. The molecule has 0 aromatic heterocycles. The summed E-state index contributed by atoms with van der Waals surface area (Å²) in [7, 11) is 0. The van der Waals surface area contributed by atoms with Crippen LogP contribution in [0.3, 0.4) is 0 Å². The van der Waals surface area contributed by atoms with Crippen molar-refractivity contribution in [3.63, 3.8) is 0 Å². The van der Waals surface area contributed by atoms with Gasteiger partial charge in [0.15, 0.2) is 5.78 Å². The molecule has 0 unspecified atom stereocenters. The molecule has 1 saturated carbocycles. The lowest BCUT2D eigenvalue weighted by Crippen LogP contribution is -2.08. The van der Waals surface area contributed by atoms with Crippen molar-refractivity contribution in [2.24, 2.45) is 0 Å². The van der Waals surface area contributed by atoms with Crippen LogP contribution in [0.2, 0.25) is 0 Å². The van der Waals surface area contributed by atoms with E-state index >= 15 is 0 Å². The van der Waals surface area contributed by atoms with E-state index in [0.717, 1.165) is 37.7 Å². The average Bonchev–Trinajstić information content (AvgIpc) is 2.33. The number of aryl methyl sites for hydroxylation is 1. The normalized spacial score (nSPS) is 19.0. The first-order chi connectivity index (χ1) is 7.86. The molecule has 0 saturated heterocycles. The van der Waals surface area contributed by atoms with Crippen LogP contribution in [0, 0.1) is 0 Å². The van der Waals surface area contributed by atoms with Crippen molar-refractivity contribution in [2.45, 2.75) is 38.5 Å². The molecule has 1 aromatic carbocycles. The highest BCUT2D eigenvalue weighted by Gasteiger charge is 2.13. The first-order valence-electron chi connectivity index (χ1n) is 6.12. The van der Waals surface area contributed by atoms with Crippen LogP contribution in [0.15, 0.2) is 42.0 Å². The molecule has 0 N–H and O–H groups in total. The summed E-state index contributed by atoms with van der Waals surface area (Å²) in [4.78, 5) is 11.6. The summed E-state index contributed by atoms with van der Waals surface area (Å²) in [6.45, 7) is 0. The Kier molecular flexibility index (Phi) is 3.92. The predicted octanol–water partition coefficient (Wildman–Crippen LogP) is 3.69. The van der Waals surface area contributed by atoms with E-state index in [4.69, 9.17) is 0 Å². The molecule has 0 heterocycles. The highest BCUT2D eigenvalue weighted by atomic mass is 16.1. The molecular weight excluding hydrogens is 196 g/mol.